The summed E-state index contributed by atoms with van der Waals surface area (Å²) in [5, 5.41) is 9.31. The number of nitrogens with zero attached hydrogens (tertiary/aromatic N) is 3. The van der Waals surface area contributed by atoms with E-state index in [9.17, 15) is 4.79 Å². The Morgan fingerprint density at radius 2 is 2.35 bits per heavy atom. The number of hydrogen-bond donors (Lipinski definition) is 0. The van der Waals surface area contributed by atoms with Crippen molar-refractivity contribution in [2.75, 3.05) is 13.1 Å². The van der Waals surface area contributed by atoms with Gasteiger partial charge in [-0.1, -0.05) is 23.9 Å². The van der Waals surface area contributed by atoms with Crippen molar-refractivity contribution in [3.63, 3.8) is 0 Å². The molecule has 1 atom stereocenters. The Labute approximate surface area is 124 Å². The molecular weight excluding hydrogens is 270 g/mol. The van der Waals surface area contributed by atoms with E-state index in [-0.39, 0.29) is 11.2 Å². The van der Waals surface area contributed by atoms with Gasteiger partial charge in [0.05, 0.1) is 21.9 Å². The molecule has 20 heavy (non-hydrogen) atoms. The average Bonchev–Trinajstić information content (AvgIpc) is 2.43. The van der Waals surface area contributed by atoms with Crippen LogP contribution < -0.4 is 0 Å². The van der Waals surface area contributed by atoms with Gasteiger partial charge >= 0.3 is 0 Å². The van der Waals surface area contributed by atoms with E-state index in [1.165, 1.54) is 11.8 Å². The fraction of sp³-hybridized carbons (Fsp3) is 0.400. The summed E-state index contributed by atoms with van der Waals surface area (Å²) in [6, 6.07) is 5.42. The molecule has 1 aromatic rings. The van der Waals surface area contributed by atoms with Crippen LogP contribution in [0, 0.1) is 11.3 Å². The summed E-state index contributed by atoms with van der Waals surface area (Å²) in [6.45, 7) is 10.8. The monoisotopic (exact) mass is 289 g/mol. The summed E-state index contributed by atoms with van der Waals surface area (Å²) >= 11 is 1.37. The van der Waals surface area contributed by atoms with Gasteiger partial charge in [-0.3, -0.25) is 4.79 Å². The van der Waals surface area contributed by atoms with Gasteiger partial charge in [0.1, 0.15) is 0 Å². The highest BCUT2D eigenvalue weighted by Crippen LogP contribution is 2.23. The van der Waals surface area contributed by atoms with E-state index in [4.69, 9.17) is 5.26 Å². The molecule has 0 aliphatic rings. The van der Waals surface area contributed by atoms with Gasteiger partial charge < -0.3 is 4.90 Å². The Kier molecular flexibility index (Phi) is 6.26. The molecule has 0 unspecified atom stereocenters. The molecule has 0 saturated carbocycles. The fourth-order valence-electron chi connectivity index (χ4n) is 1.70. The zero-order valence-electron chi connectivity index (χ0n) is 12.1. The van der Waals surface area contributed by atoms with Crippen LogP contribution in [0.25, 0.3) is 0 Å². The maximum absolute atomic E-state index is 12.3. The Bertz CT molecular complexity index is 536. The number of carbonyl (C=O) groups excluding carboxylic acids is 1. The summed E-state index contributed by atoms with van der Waals surface area (Å²) in [6.07, 6.45) is 1.59. The second kappa shape index (κ2) is 7.71. The molecule has 4 nitrogen and oxygen atoms in total. The topological polar surface area (TPSA) is 57.0 Å². The minimum absolute atomic E-state index is 0.0599. The molecule has 0 aliphatic heterocycles. The quantitative estimate of drug-likeness (QED) is 0.597. The van der Waals surface area contributed by atoms with E-state index in [0.717, 1.165) is 5.57 Å². The van der Waals surface area contributed by atoms with Crippen molar-refractivity contribution in [1.29, 1.82) is 5.26 Å². The number of amides is 1. The van der Waals surface area contributed by atoms with Crippen LogP contribution in [-0.4, -0.2) is 34.1 Å². The van der Waals surface area contributed by atoms with Crippen LogP contribution in [-0.2, 0) is 4.79 Å². The summed E-state index contributed by atoms with van der Waals surface area (Å²) in [4.78, 5) is 18.3. The van der Waals surface area contributed by atoms with Gasteiger partial charge in [0.15, 0.2) is 0 Å². The molecule has 1 aromatic heterocycles. The van der Waals surface area contributed by atoms with E-state index in [2.05, 4.69) is 17.6 Å². The van der Waals surface area contributed by atoms with E-state index < -0.39 is 0 Å². The van der Waals surface area contributed by atoms with Crippen LogP contribution in [0.1, 0.15) is 26.3 Å². The lowest BCUT2D eigenvalue weighted by molar-refractivity contribution is -0.129. The molecule has 1 heterocycles. The first kappa shape index (κ1) is 16.3. The maximum Gasteiger partial charge on any atom is 0.236 e. The third-order valence-corrected chi connectivity index (χ3v) is 3.68. The van der Waals surface area contributed by atoms with Gasteiger partial charge in [-0.25, -0.2) is 4.98 Å². The zero-order chi connectivity index (χ0) is 15.1. The van der Waals surface area contributed by atoms with Crippen molar-refractivity contribution >= 4 is 17.7 Å². The number of hydrogen-bond acceptors (Lipinski definition) is 4. The highest BCUT2D eigenvalue weighted by atomic mass is 32.2. The van der Waals surface area contributed by atoms with Crippen molar-refractivity contribution < 1.29 is 4.79 Å². The molecule has 5 heteroatoms. The highest BCUT2D eigenvalue weighted by Gasteiger charge is 2.20. The second-order valence-electron chi connectivity index (χ2n) is 4.56. The van der Waals surface area contributed by atoms with Crippen molar-refractivity contribution in [3.8, 4) is 6.07 Å². The molecule has 0 N–H and O–H groups in total. The van der Waals surface area contributed by atoms with E-state index in [1.807, 2.05) is 20.8 Å². The third-order valence-electron chi connectivity index (χ3n) is 2.66. The number of carbonyl (C=O) groups is 1. The highest BCUT2D eigenvalue weighted by molar-refractivity contribution is 8.00. The maximum atomic E-state index is 12.3. The largest absolute Gasteiger partial charge is 0.338 e. The van der Waals surface area contributed by atoms with Crippen LogP contribution in [0.5, 0.6) is 0 Å². The van der Waals surface area contributed by atoms with Crippen molar-refractivity contribution in [1.82, 2.24) is 9.88 Å². The fourth-order valence-corrected chi connectivity index (χ4v) is 2.63. The zero-order valence-corrected chi connectivity index (χ0v) is 12.9. The van der Waals surface area contributed by atoms with Crippen LogP contribution >= 0.6 is 11.8 Å². The van der Waals surface area contributed by atoms with Gasteiger partial charge in [0.25, 0.3) is 0 Å². The van der Waals surface area contributed by atoms with Gasteiger partial charge in [-0.15, -0.1) is 0 Å². The Hall–Kier alpha value is -1.80. The lowest BCUT2D eigenvalue weighted by Gasteiger charge is -2.24. The smallest absolute Gasteiger partial charge is 0.236 e. The van der Waals surface area contributed by atoms with E-state index >= 15 is 0 Å². The van der Waals surface area contributed by atoms with Gasteiger partial charge in [-0.05, 0) is 32.9 Å². The Morgan fingerprint density at radius 3 is 2.90 bits per heavy atom. The first-order valence-electron chi connectivity index (χ1n) is 6.44. The molecule has 106 valence electrons. The molecule has 1 amide bonds. The van der Waals surface area contributed by atoms with Crippen molar-refractivity contribution in [3.05, 3.63) is 36.0 Å². The van der Waals surface area contributed by atoms with Gasteiger partial charge in [0.2, 0.25) is 5.91 Å². The second-order valence-corrected chi connectivity index (χ2v) is 5.93. The normalized spacial score (nSPS) is 11.5. The summed E-state index contributed by atoms with van der Waals surface area (Å²) in [7, 11) is 0. The molecule has 0 saturated heterocycles. The molecule has 1 rings (SSSR count). The van der Waals surface area contributed by atoms with Crippen molar-refractivity contribution in [2.45, 2.75) is 31.0 Å². The lowest BCUT2D eigenvalue weighted by Crippen LogP contribution is -2.37. The molecule has 0 bridgehead atoms. The third kappa shape index (κ3) is 4.71. The summed E-state index contributed by atoms with van der Waals surface area (Å²) in [5.74, 6) is 0.0599. The van der Waals surface area contributed by atoms with Crippen LogP contribution in [0.15, 0.2) is 35.5 Å². The summed E-state index contributed by atoms with van der Waals surface area (Å²) < 4.78 is 0. The number of nitriles is 1. The van der Waals surface area contributed by atoms with E-state index in [1.54, 1.807) is 23.2 Å². The number of likely N-dealkylation sites (N-methyl/N-ethyl adjacent to an activating group) is 1. The minimum Gasteiger partial charge on any atom is -0.338 e. The molecule has 0 radical (unpaired) electrons. The molecule has 0 spiro atoms. The number of pyridine rings is 1. The van der Waals surface area contributed by atoms with Gasteiger partial charge in [0, 0.05) is 19.3 Å². The van der Waals surface area contributed by atoms with Crippen LogP contribution in [0.4, 0.5) is 0 Å². The van der Waals surface area contributed by atoms with Crippen LogP contribution in [0.2, 0.25) is 0 Å². The lowest BCUT2D eigenvalue weighted by atomic mass is 10.3. The molecule has 0 aromatic carbocycles. The summed E-state index contributed by atoms with van der Waals surface area (Å²) in [5.41, 5.74) is 1.51. The Morgan fingerprint density at radius 1 is 1.65 bits per heavy atom. The number of aromatic nitrogens is 1. The molecule has 0 fully saturated rings. The van der Waals surface area contributed by atoms with E-state index in [0.29, 0.717) is 23.7 Å². The standard InChI is InChI=1S/C15H19N3OS/c1-5-18(10-11(2)3)15(19)12(4)20-14-8-13(9-16)6-7-17-14/h6-8,12H,2,5,10H2,1,3-4H3/t12-/m0/s1. The SMILES string of the molecule is C=C(C)CN(CC)C(=O)[C@H](C)Sc1cc(C#N)ccn1. The number of thioether (sulfide) groups is 1. The first-order valence-corrected chi connectivity index (χ1v) is 7.31. The number of rotatable bonds is 6. The first-order chi connectivity index (χ1) is 9.47. The Balaban J connectivity index is 2.73. The van der Waals surface area contributed by atoms with Crippen molar-refractivity contribution in [2.24, 2.45) is 0 Å². The average molecular weight is 289 g/mol. The predicted octanol–water partition coefficient (Wildman–Crippen LogP) is 2.86. The molecular formula is C15H19N3OS. The predicted molar refractivity (Wildman–Crippen MR) is 81.3 cm³/mol. The minimum atomic E-state index is -0.240. The van der Waals surface area contributed by atoms with Gasteiger partial charge in [-0.2, -0.15) is 5.26 Å². The molecule has 0 aliphatic carbocycles. The van der Waals surface area contributed by atoms with Crippen LogP contribution in [0.3, 0.4) is 0 Å².